The van der Waals surface area contributed by atoms with Crippen LogP contribution in [0.2, 0.25) is 5.02 Å². The number of hydrogen-bond acceptors (Lipinski definition) is 7. The summed E-state index contributed by atoms with van der Waals surface area (Å²) in [5.74, 6) is 0.324. The molecule has 10 heteroatoms. The Kier molecular flexibility index (Phi) is 8.36. The summed E-state index contributed by atoms with van der Waals surface area (Å²) in [6.07, 6.45) is 10.4. The maximum Gasteiger partial charge on any atom is 0.248 e. The summed E-state index contributed by atoms with van der Waals surface area (Å²) in [5.41, 5.74) is 1.77. The number of nitrogens with one attached hydrogen (secondary N) is 2. The van der Waals surface area contributed by atoms with E-state index in [4.69, 9.17) is 21.1 Å². The number of fused-ring (bicyclic) bond motifs is 1. The molecule has 0 bridgehead atoms. The topological polar surface area (TPSA) is 88.6 Å². The van der Waals surface area contributed by atoms with E-state index in [1.807, 2.05) is 12.1 Å². The molecule has 8 nitrogen and oxygen atoms in total. The normalized spacial score (nSPS) is 17.0. The van der Waals surface area contributed by atoms with Gasteiger partial charge in [0.1, 0.15) is 23.7 Å². The maximum atomic E-state index is 13.6. The Morgan fingerprint density at radius 2 is 1.97 bits per heavy atom. The van der Waals surface area contributed by atoms with Gasteiger partial charge in [-0.25, -0.2) is 14.4 Å². The zero-order valence-corrected chi connectivity index (χ0v) is 22.0. The molecular formula is C28H31ClFN5O3. The van der Waals surface area contributed by atoms with E-state index < -0.39 is 5.82 Å². The van der Waals surface area contributed by atoms with Crippen LogP contribution in [-0.2, 0) is 9.53 Å². The summed E-state index contributed by atoms with van der Waals surface area (Å²) in [7, 11) is 1.75. The zero-order chi connectivity index (χ0) is 26.5. The third-order valence-electron chi connectivity index (χ3n) is 7.02. The third-order valence-corrected chi connectivity index (χ3v) is 7.31. The number of anilines is 3. The lowest BCUT2D eigenvalue weighted by atomic mass is 9.96. The average molecular weight is 540 g/mol. The van der Waals surface area contributed by atoms with Crippen molar-refractivity contribution in [2.24, 2.45) is 0 Å². The van der Waals surface area contributed by atoms with Gasteiger partial charge < -0.3 is 20.1 Å². The number of methoxy groups -OCH3 is 1. The second kappa shape index (κ2) is 12.1. The Morgan fingerprint density at radius 3 is 2.68 bits per heavy atom. The van der Waals surface area contributed by atoms with E-state index >= 15 is 0 Å². The third kappa shape index (κ3) is 6.40. The van der Waals surface area contributed by atoms with Gasteiger partial charge >= 0.3 is 0 Å². The first-order valence-corrected chi connectivity index (χ1v) is 13.3. The van der Waals surface area contributed by atoms with Crippen molar-refractivity contribution in [1.29, 1.82) is 0 Å². The predicted octanol–water partition coefficient (Wildman–Crippen LogP) is 5.70. The highest BCUT2D eigenvalue weighted by Gasteiger charge is 2.22. The number of hydrogen-bond donors (Lipinski definition) is 2. The van der Waals surface area contributed by atoms with E-state index in [0.717, 1.165) is 45.2 Å². The Labute approximate surface area is 226 Å². The predicted molar refractivity (Wildman–Crippen MR) is 147 cm³/mol. The van der Waals surface area contributed by atoms with Crippen molar-refractivity contribution in [2.75, 3.05) is 37.4 Å². The van der Waals surface area contributed by atoms with Gasteiger partial charge in [0.25, 0.3) is 0 Å². The number of aromatic nitrogens is 2. The molecule has 5 rings (SSSR count). The minimum absolute atomic E-state index is 0.00681. The van der Waals surface area contributed by atoms with Crippen LogP contribution < -0.4 is 15.4 Å². The first-order valence-electron chi connectivity index (χ1n) is 12.9. The van der Waals surface area contributed by atoms with Crippen molar-refractivity contribution in [3.8, 4) is 5.75 Å². The molecule has 3 aromatic rings. The van der Waals surface area contributed by atoms with Crippen LogP contribution in [0, 0.1) is 5.82 Å². The number of rotatable bonds is 9. The van der Waals surface area contributed by atoms with Crippen molar-refractivity contribution in [1.82, 2.24) is 14.9 Å². The molecule has 2 fully saturated rings. The van der Waals surface area contributed by atoms with Gasteiger partial charge in [-0.15, -0.1) is 0 Å². The van der Waals surface area contributed by atoms with Crippen LogP contribution in [0.25, 0.3) is 10.9 Å². The Hall–Kier alpha value is -3.27. The first-order chi connectivity index (χ1) is 18.5. The van der Waals surface area contributed by atoms with Crippen LogP contribution in [0.5, 0.6) is 5.75 Å². The fraction of sp³-hybridized carbons (Fsp3) is 0.393. The molecule has 2 heterocycles. The molecule has 2 aromatic carbocycles. The molecule has 1 aromatic heterocycles. The smallest absolute Gasteiger partial charge is 0.248 e. The minimum Gasteiger partial charge on any atom is -0.488 e. The number of carbonyl (C=O) groups is 1. The van der Waals surface area contributed by atoms with Gasteiger partial charge in [-0.3, -0.25) is 9.69 Å². The number of likely N-dealkylation sites (tertiary alicyclic amines) is 1. The molecule has 0 radical (unpaired) electrons. The van der Waals surface area contributed by atoms with E-state index in [-0.39, 0.29) is 17.0 Å². The molecule has 1 saturated heterocycles. The quantitative estimate of drug-likeness (QED) is 0.337. The van der Waals surface area contributed by atoms with Gasteiger partial charge in [0, 0.05) is 50.0 Å². The van der Waals surface area contributed by atoms with Crippen LogP contribution in [0.4, 0.5) is 21.6 Å². The largest absolute Gasteiger partial charge is 0.488 e. The molecular weight excluding hydrogens is 509 g/mol. The number of piperidine rings is 1. The number of ether oxygens (including phenoxy) is 2. The molecule has 2 N–H and O–H groups in total. The second-order valence-corrected chi connectivity index (χ2v) is 10.0. The molecule has 1 amide bonds. The molecule has 0 unspecified atom stereocenters. The second-order valence-electron chi connectivity index (χ2n) is 9.64. The number of nitrogens with zero attached hydrogens (tertiary/aromatic N) is 3. The van der Waals surface area contributed by atoms with Crippen LogP contribution >= 0.6 is 11.6 Å². The summed E-state index contributed by atoms with van der Waals surface area (Å²) in [6, 6.07) is 7.98. The van der Waals surface area contributed by atoms with Gasteiger partial charge in [-0.05, 0) is 56.4 Å². The summed E-state index contributed by atoms with van der Waals surface area (Å²) in [5, 5.41) is 6.83. The molecule has 38 heavy (non-hydrogen) atoms. The Bertz CT molecular complexity index is 1330. The molecule has 0 spiro atoms. The molecule has 1 saturated carbocycles. The van der Waals surface area contributed by atoms with Crippen LogP contribution in [0.3, 0.4) is 0 Å². The van der Waals surface area contributed by atoms with E-state index in [9.17, 15) is 9.18 Å². The minimum atomic E-state index is -0.500. The summed E-state index contributed by atoms with van der Waals surface area (Å²) in [4.78, 5) is 23.9. The Morgan fingerprint density at radius 1 is 1.16 bits per heavy atom. The van der Waals surface area contributed by atoms with Crippen molar-refractivity contribution in [3.05, 3.63) is 59.7 Å². The van der Waals surface area contributed by atoms with Gasteiger partial charge in [-0.1, -0.05) is 17.7 Å². The van der Waals surface area contributed by atoms with E-state index in [0.29, 0.717) is 46.5 Å². The standard InChI is InChI=1S/C28H31ClFN5O3/c1-37-19-9-12-35(13-10-19)11-3-6-27(36)34-25-15-21-24(16-26(25)38-20-4-2-5-20)31-17-32-28(21)33-18-7-8-23(30)22(29)14-18/h3,6-8,14-17,19-20H,2,4-5,9-13H2,1H3,(H,34,36)(H,31,32,33)/b6-3+. The van der Waals surface area contributed by atoms with Crippen LogP contribution in [0.15, 0.2) is 48.8 Å². The number of benzene rings is 2. The highest BCUT2D eigenvalue weighted by Crippen LogP contribution is 2.36. The van der Waals surface area contributed by atoms with Crippen LogP contribution in [-0.4, -0.2) is 59.7 Å². The lowest BCUT2D eigenvalue weighted by Crippen LogP contribution is -2.36. The highest BCUT2D eigenvalue weighted by molar-refractivity contribution is 6.31. The molecule has 1 aliphatic carbocycles. The van der Waals surface area contributed by atoms with Gasteiger partial charge in [-0.2, -0.15) is 0 Å². The fourth-order valence-electron chi connectivity index (χ4n) is 4.57. The highest BCUT2D eigenvalue weighted by atomic mass is 35.5. The number of carbonyl (C=O) groups excluding carboxylic acids is 1. The van der Waals surface area contributed by atoms with E-state index in [1.165, 1.54) is 18.5 Å². The fourth-order valence-corrected chi connectivity index (χ4v) is 4.75. The van der Waals surface area contributed by atoms with E-state index in [2.05, 4.69) is 25.5 Å². The van der Waals surface area contributed by atoms with Crippen molar-refractivity contribution in [3.63, 3.8) is 0 Å². The van der Waals surface area contributed by atoms with Crippen LogP contribution in [0.1, 0.15) is 32.1 Å². The number of amides is 1. The summed E-state index contributed by atoms with van der Waals surface area (Å²) in [6.45, 7) is 2.60. The summed E-state index contributed by atoms with van der Waals surface area (Å²) >= 11 is 5.95. The molecule has 1 aliphatic heterocycles. The van der Waals surface area contributed by atoms with Gasteiger partial charge in [0.05, 0.1) is 28.4 Å². The lowest BCUT2D eigenvalue weighted by Gasteiger charge is -2.30. The van der Waals surface area contributed by atoms with Crippen molar-refractivity contribution < 1.29 is 18.7 Å². The maximum absolute atomic E-state index is 13.6. The van der Waals surface area contributed by atoms with Crippen molar-refractivity contribution in [2.45, 2.75) is 44.3 Å². The summed E-state index contributed by atoms with van der Waals surface area (Å²) < 4.78 is 25.2. The SMILES string of the molecule is COC1CCN(C/C=C/C(=O)Nc2cc3c(Nc4ccc(F)c(Cl)c4)ncnc3cc2OC2CCC2)CC1. The zero-order valence-electron chi connectivity index (χ0n) is 21.3. The van der Waals surface area contributed by atoms with E-state index in [1.54, 1.807) is 25.3 Å². The monoisotopic (exact) mass is 539 g/mol. The average Bonchev–Trinajstić information content (AvgIpc) is 2.89. The molecule has 200 valence electrons. The first kappa shape index (κ1) is 26.3. The van der Waals surface area contributed by atoms with Gasteiger partial charge in [0.15, 0.2) is 0 Å². The molecule has 2 aliphatic rings. The van der Waals surface area contributed by atoms with Crippen molar-refractivity contribution >= 4 is 45.6 Å². The molecule has 0 atom stereocenters. The Balaban J connectivity index is 1.35. The number of halogens is 2. The lowest BCUT2D eigenvalue weighted by molar-refractivity contribution is -0.112. The van der Waals surface area contributed by atoms with Gasteiger partial charge in [0.2, 0.25) is 5.91 Å².